The number of anilines is 1. The van der Waals surface area contributed by atoms with Crippen molar-refractivity contribution >= 4 is 24.1 Å². The number of hydrogen-bond acceptors (Lipinski definition) is 4. The molecule has 0 bridgehead atoms. The number of nitrogens with one attached hydrogen (secondary N) is 2. The van der Waals surface area contributed by atoms with Crippen LogP contribution in [0.15, 0.2) is 18.2 Å². The summed E-state index contributed by atoms with van der Waals surface area (Å²) in [5, 5.41) is 2.51. The average Bonchev–Trinajstić information content (AvgIpc) is 2.28. The molecular formula is C9H14ClN3O3. The second kappa shape index (κ2) is 6.76. The van der Waals surface area contributed by atoms with Gasteiger partial charge in [0.15, 0.2) is 0 Å². The first-order chi connectivity index (χ1) is 7.21. The number of ether oxygens (including phenoxy) is 2. The van der Waals surface area contributed by atoms with Crippen LogP contribution >= 0.6 is 12.4 Å². The SMILES string of the molecule is COc1ccc(OC)c(NC(=O)NN)c1.Cl. The van der Waals surface area contributed by atoms with Gasteiger partial charge in [-0.15, -0.1) is 12.4 Å². The lowest BCUT2D eigenvalue weighted by molar-refractivity contribution is 0.252. The number of nitrogens with two attached hydrogens (primary N) is 1. The van der Waals surface area contributed by atoms with E-state index in [1.807, 2.05) is 5.43 Å². The fourth-order valence-electron chi connectivity index (χ4n) is 1.07. The number of urea groups is 1. The number of halogens is 1. The Hall–Kier alpha value is -1.66. The van der Waals surface area contributed by atoms with Crippen LogP contribution in [0, 0.1) is 0 Å². The zero-order valence-corrected chi connectivity index (χ0v) is 9.76. The molecule has 0 spiro atoms. The Balaban J connectivity index is 0.00000225. The van der Waals surface area contributed by atoms with E-state index >= 15 is 0 Å². The zero-order valence-electron chi connectivity index (χ0n) is 8.94. The number of hydrogen-bond donors (Lipinski definition) is 3. The minimum Gasteiger partial charge on any atom is -0.497 e. The molecule has 6 nitrogen and oxygen atoms in total. The van der Waals surface area contributed by atoms with Crippen molar-refractivity contribution in [3.63, 3.8) is 0 Å². The van der Waals surface area contributed by atoms with Gasteiger partial charge in [-0.3, -0.25) is 5.43 Å². The molecule has 0 aromatic heterocycles. The van der Waals surface area contributed by atoms with E-state index in [0.717, 1.165) is 0 Å². The van der Waals surface area contributed by atoms with Gasteiger partial charge in [0, 0.05) is 6.07 Å². The molecule has 0 unspecified atom stereocenters. The Morgan fingerprint density at radius 1 is 1.31 bits per heavy atom. The normalized spacial score (nSPS) is 8.69. The van der Waals surface area contributed by atoms with E-state index in [1.54, 1.807) is 18.2 Å². The largest absolute Gasteiger partial charge is 0.497 e. The molecule has 0 atom stereocenters. The number of carbonyl (C=O) groups excluding carboxylic acids is 1. The van der Waals surface area contributed by atoms with Gasteiger partial charge in [-0.05, 0) is 12.1 Å². The molecule has 0 fully saturated rings. The van der Waals surface area contributed by atoms with Crippen LogP contribution in [0.25, 0.3) is 0 Å². The summed E-state index contributed by atoms with van der Waals surface area (Å²) >= 11 is 0. The molecule has 0 saturated heterocycles. The van der Waals surface area contributed by atoms with E-state index in [-0.39, 0.29) is 12.4 Å². The highest BCUT2D eigenvalue weighted by molar-refractivity contribution is 5.90. The first-order valence-electron chi connectivity index (χ1n) is 4.21. The molecule has 0 heterocycles. The molecule has 0 saturated carbocycles. The summed E-state index contributed by atoms with van der Waals surface area (Å²) in [6, 6.07) is 4.52. The first-order valence-corrected chi connectivity index (χ1v) is 4.21. The molecular weight excluding hydrogens is 234 g/mol. The predicted octanol–water partition coefficient (Wildman–Crippen LogP) is 1.12. The smallest absolute Gasteiger partial charge is 0.333 e. The molecule has 1 aromatic rings. The second-order valence-electron chi connectivity index (χ2n) is 2.66. The van der Waals surface area contributed by atoms with Crippen molar-refractivity contribution in [2.75, 3.05) is 19.5 Å². The van der Waals surface area contributed by atoms with Crippen LogP contribution in [0.2, 0.25) is 0 Å². The summed E-state index contributed by atoms with van der Waals surface area (Å²) in [5.41, 5.74) is 2.44. The van der Waals surface area contributed by atoms with Crippen molar-refractivity contribution in [1.29, 1.82) is 0 Å². The van der Waals surface area contributed by atoms with E-state index in [1.165, 1.54) is 14.2 Å². The number of rotatable bonds is 3. The fraction of sp³-hybridized carbons (Fsp3) is 0.222. The maximum atomic E-state index is 11.0. The molecule has 2 amide bonds. The standard InChI is InChI=1S/C9H13N3O3.ClH/c1-14-6-3-4-8(15-2)7(5-6)11-9(13)12-10;/h3-5H,10H2,1-2H3,(H2,11,12,13);1H. The highest BCUT2D eigenvalue weighted by atomic mass is 35.5. The number of carbonyl (C=O) groups is 1. The van der Waals surface area contributed by atoms with Gasteiger partial charge >= 0.3 is 6.03 Å². The number of methoxy groups -OCH3 is 2. The summed E-state index contributed by atoms with van der Waals surface area (Å²) in [6.07, 6.45) is 0. The quantitative estimate of drug-likeness (QED) is 0.425. The lowest BCUT2D eigenvalue weighted by atomic mass is 10.2. The third-order valence-electron chi connectivity index (χ3n) is 1.79. The van der Waals surface area contributed by atoms with Gasteiger partial charge in [0.2, 0.25) is 0 Å². The van der Waals surface area contributed by atoms with E-state index < -0.39 is 6.03 Å². The molecule has 0 aliphatic carbocycles. The highest BCUT2D eigenvalue weighted by Gasteiger charge is 2.07. The Morgan fingerprint density at radius 2 is 2.00 bits per heavy atom. The Bertz CT molecular complexity index is 360. The molecule has 1 aromatic carbocycles. The van der Waals surface area contributed by atoms with Gasteiger partial charge in [0.05, 0.1) is 19.9 Å². The fourth-order valence-corrected chi connectivity index (χ4v) is 1.07. The molecule has 0 aliphatic rings. The number of benzene rings is 1. The lowest BCUT2D eigenvalue weighted by Gasteiger charge is -2.10. The lowest BCUT2D eigenvalue weighted by Crippen LogP contribution is -2.34. The van der Waals surface area contributed by atoms with E-state index in [2.05, 4.69) is 5.32 Å². The summed E-state index contributed by atoms with van der Waals surface area (Å²) in [5.74, 6) is 6.09. The van der Waals surface area contributed by atoms with Crippen molar-refractivity contribution in [1.82, 2.24) is 5.43 Å². The van der Waals surface area contributed by atoms with Gasteiger partial charge in [0.25, 0.3) is 0 Å². The van der Waals surface area contributed by atoms with Crippen LogP contribution in [0.5, 0.6) is 11.5 Å². The third-order valence-corrected chi connectivity index (χ3v) is 1.79. The predicted molar refractivity (Wildman–Crippen MR) is 63.1 cm³/mol. The van der Waals surface area contributed by atoms with Gasteiger partial charge in [-0.2, -0.15) is 0 Å². The minimum absolute atomic E-state index is 0. The molecule has 1 rings (SSSR count). The van der Waals surface area contributed by atoms with Gasteiger partial charge in [-0.25, -0.2) is 10.6 Å². The first kappa shape index (κ1) is 14.3. The zero-order chi connectivity index (χ0) is 11.3. The van der Waals surface area contributed by atoms with E-state index in [4.69, 9.17) is 15.3 Å². The molecule has 90 valence electrons. The number of hydrazine groups is 1. The third kappa shape index (κ3) is 3.48. The summed E-state index contributed by atoms with van der Waals surface area (Å²) < 4.78 is 10.1. The summed E-state index contributed by atoms with van der Waals surface area (Å²) in [6.45, 7) is 0. The maximum absolute atomic E-state index is 11.0. The summed E-state index contributed by atoms with van der Waals surface area (Å²) in [4.78, 5) is 11.0. The number of amides is 2. The Kier molecular flexibility index (Phi) is 6.06. The van der Waals surface area contributed by atoms with Gasteiger partial charge in [-0.1, -0.05) is 0 Å². The van der Waals surface area contributed by atoms with Gasteiger partial charge in [0.1, 0.15) is 11.5 Å². The van der Waals surface area contributed by atoms with Crippen LogP contribution in [0.3, 0.4) is 0 Å². The van der Waals surface area contributed by atoms with Crippen molar-refractivity contribution < 1.29 is 14.3 Å². The van der Waals surface area contributed by atoms with Crippen molar-refractivity contribution in [3.05, 3.63) is 18.2 Å². The highest BCUT2D eigenvalue weighted by Crippen LogP contribution is 2.28. The molecule has 16 heavy (non-hydrogen) atoms. The molecule has 0 aliphatic heterocycles. The van der Waals surface area contributed by atoms with Gasteiger partial charge < -0.3 is 14.8 Å². The van der Waals surface area contributed by atoms with E-state index in [9.17, 15) is 4.79 Å². The average molecular weight is 248 g/mol. The van der Waals surface area contributed by atoms with Crippen molar-refractivity contribution in [2.45, 2.75) is 0 Å². The van der Waals surface area contributed by atoms with Crippen LogP contribution in [0.1, 0.15) is 0 Å². The topological polar surface area (TPSA) is 85.6 Å². The maximum Gasteiger partial charge on any atom is 0.333 e. The monoisotopic (exact) mass is 247 g/mol. The van der Waals surface area contributed by atoms with E-state index in [0.29, 0.717) is 17.2 Å². The second-order valence-corrected chi connectivity index (χ2v) is 2.66. The van der Waals surface area contributed by atoms with Crippen molar-refractivity contribution in [3.8, 4) is 11.5 Å². The Labute approximate surface area is 99.5 Å². The van der Waals surface area contributed by atoms with Crippen LogP contribution in [0.4, 0.5) is 10.5 Å². The Morgan fingerprint density at radius 3 is 2.50 bits per heavy atom. The minimum atomic E-state index is -0.526. The van der Waals surface area contributed by atoms with Crippen LogP contribution in [-0.2, 0) is 0 Å². The molecule has 7 heteroatoms. The van der Waals surface area contributed by atoms with Crippen LogP contribution < -0.4 is 26.1 Å². The molecule has 4 N–H and O–H groups in total. The summed E-state index contributed by atoms with van der Waals surface area (Å²) in [7, 11) is 3.04. The molecule has 0 radical (unpaired) electrons. The van der Waals surface area contributed by atoms with Crippen molar-refractivity contribution in [2.24, 2.45) is 5.84 Å². The van der Waals surface area contributed by atoms with Crippen LogP contribution in [-0.4, -0.2) is 20.3 Å².